The van der Waals surface area contributed by atoms with Crippen LogP contribution in [0.2, 0.25) is 10.0 Å². The summed E-state index contributed by atoms with van der Waals surface area (Å²) in [7, 11) is 1.29. The van der Waals surface area contributed by atoms with Crippen LogP contribution in [0.5, 0.6) is 0 Å². The number of anilines is 1. The molecule has 0 radical (unpaired) electrons. The number of halogens is 2. The van der Waals surface area contributed by atoms with Crippen molar-refractivity contribution < 1.29 is 14.4 Å². The number of rotatable bonds is 3. The molecule has 1 aromatic rings. The van der Waals surface area contributed by atoms with Crippen LogP contribution >= 0.6 is 23.2 Å². The van der Waals surface area contributed by atoms with E-state index >= 15 is 0 Å². The number of hydroxylamine groups is 2. The van der Waals surface area contributed by atoms with E-state index in [9.17, 15) is 9.59 Å². The van der Waals surface area contributed by atoms with Crippen LogP contribution in [0.25, 0.3) is 0 Å². The highest BCUT2D eigenvalue weighted by Gasteiger charge is 2.09. The molecule has 2 amide bonds. The Hall–Kier alpha value is -1.46. The van der Waals surface area contributed by atoms with E-state index in [0.717, 1.165) is 5.06 Å². The molecule has 0 atom stereocenters. The number of hydrogen-bond donors (Lipinski definition) is 1. The lowest BCUT2D eigenvalue weighted by molar-refractivity contribution is -0.154. The molecule has 1 rings (SSSR count). The van der Waals surface area contributed by atoms with Crippen LogP contribution in [0.4, 0.5) is 10.5 Å². The second kappa shape index (κ2) is 5.58. The van der Waals surface area contributed by atoms with Crippen LogP contribution < -0.4 is 5.32 Å². The van der Waals surface area contributed by atoms with Crippen LogP contribution in [0.3, 0.4) is 0 Å². The normalized spacial score (nSPS) is 9.44. The van der Waals surface area contributed by atoms with Gasteiger partial charge in [0.15, 0.2) is 0 Å². The summed E-state index contributed by atoms with van der Waals surface area (Å²) < 4.78 is 0. The quantitative estimate of drug-likeness (QED) is 0.673. The smallest absolute Gasteiger partial charge is 0.340 e. The van der Waals surface area contributed by atoms with E-state index < -0.39 is 6.03 Å². The molecule has 0 aromatic heterocycles. The Bertz CT molecular complexity index is 412. The standard InChI is InChI=1S/C9H8Cl2N2O3/c1-13(16-5-14)9(15)12-6-2-3-7(10)8(11)4-6/h2-5H,1H3,(H,12,15). The summed E-state index contributed by atoms with van der Waals surface area (Å²) in [6.07, 6.45) is 0. The molecule has 0 saturated heterocycles. The number of benzene rings is 1. The SMILES string of the molecule is CN(OC=O)C(=O)Nc1ccc(Cl)c(Cl)c1. The van der Waals surface area contributed by atoms with Gasteiger partial charge in [-0.05, 0) is 18.2 Å². The van der Waals surface area contributed by atoms with Crippen LogP contribution in [-0.2, 0) is 9.63 Å². The molecule has 5 nitrogen and oxygen atoms in total. The minimum atomic E-state index is -0.606. The van der Waals surface area contributed by atoms with Crippen molar-refractivity contribution in [2.24, 2.45) is 0 Å². The zero-order valence-electron chi connectivity index (χ0n) is 8.24. The highest BCUT2D eigenvalue weighted by Crippen LogP contribution is 2.25. The lowest BCUT2D eigenvalue weighted by Gasteiger charge is -2.14. The van der Waals surface area contributed by atoms with Gasteiger partial charge >= 0.3 is 12.5 Å². The molecule has 0 spiro atoms. The van der Waals surface area contributed by atoms with Crippen molar-refractivity contribution in [1.29, 1.82) is 0 Å². The fourth-order valence-corrected chi connectivity index (χ4v) is 1.19. The van der Waals surface area contributed by atoms with E-state index in [2.05, 4.69) is 10.2 Å². The van der Waals surface area contributed by atoms with E-state index in [1.54, 1.807) is 12.1 Å². The van der Waals surface area contributed by atoms with Crippen LogP contribution in [0.1, 0.15) is 0 Å². The molecule has 0 fully saturated rings. The van der Waals surface area contributed by atoms with Crippen molar-refractivity contribution in [3.63, 3.8) is 0 Å². The Morgan fingerprint density at radius 2 is 2.12 bits per heavy atom. The van der Waals surface area contributed by atoms with E-state index in [1.807, 2.05) is 0 Å². The molecule has 7 heteroatoms. The van der Waals surface area contributed by atoms with Gasteiger partial charge in [-0.1, -0.05) is 23.2 Å². The summed E-state index contributed by atoms with van der Waals surface area (Å²) in [6, 6.07) is 3.99. The van der Waals surface area contributed by atoms with Gasteiger partial charge in [-0.2, -0.15) is 5.06 Å². The van der Waals surface area contributed by atoms with Gasteiger partial charge < -0.3 is 10.2 Å². The molecule has 1 N–H and O–H groups in total. The third kappa shape index (κ3) is 3.29. The molecule has 0 saturated carbocycles. The molecule has 0 unspecified atom stereocenters. The highest BCUT2D eigenvalue weighted by atomic mass is 35.5. The maximum absolute atomic E-state index is 11.4. The van der Waals surface area contributed by atoms with Crippen LogP contribution in [0.15, 0.2) is 18.2 Å². The van der Waals surface area contributed by atoms with Gasteiger partial charge in [0.2, 0.25) is 0 Å². The fraction of sp³-hybridized carbons (Fsp3) is 0.111. The van der Waals surface area contributed by atoms with Gasteiger partial charge in [0.1, 0.15) is 0 Å². The van der Waals surface area contributed by atoms with Crippen LogP contribution in [0, 0.1) is 0 Å². The van der Waals surface area contributed by atoms with E-state index in [4.69, 9.17) is 23.2 Å². The second-order valence-corrected chi connectivity index (χ2v) is 3.57. The molecule has 16 heavy (non-hydrogen) atoms. The predicted molar refractivity (Wildman–Crippen MR) is 60.4 cm³/mol. The Kier molecular flexibility index (Phi) is 4.39. The third-order valence-corrected chi connectivity index (χ3v) is 2.40. The first-order chi connectivity index (χ1) is 7.54. The van der Waals surface area contributed by atoms with Gasteiger partial charge in [-0.15, -0.1) is 0 Å². The summed E-state index contributed by atoms with van der Waals surface area (Å²) in [5.74, 6) is 0. The Morgan fingerprint density at radius 3 is 2.69 bits per heavy atom. The lowest BCUT2D eigenvalue weighted by atomic mass is 10.3. The molecule has 0 aliphatic carbocycles. The molecule has 0 aliphatic heterocycles. The Morgan fingerprint density at radius 1 is 1.44 bits per heavy atom. The first kappa shape index (κ1) is 12.6. The van der Waals surface area contributed by atoms with Gasteiger partial charge in [0.25, 0.3) is 0 Å². The zero-order chi connectivity index (χ0) is 12.1. The number of amides is 2. The molecule has 0 heterocycles. The van der Waals surface area contributed by atoms with Gasteiger partial charge in [0.05, 0.1) is 17.1 Å². The first-order valence-electron chi connectivity index (χ1n) is 4.14. The summed E-state index contributed by atoms with van der Waals surface area (Å²) in [5, 5.41) is 3.90. The number of urea groups is 1. The minimum Gasteiger partial charge on any atom is -0.340 e. The average Bonchev–Trinajstić information content (AvgIpc) is 2.24. The number of carbonyl (C=O) groups is 2. The van der Waals surface area contributed by atoms with Gasteiger partial charge in [0, 0.05) is 5.69 Å². The topological polar surface area (TPSA) is 58.6 Å². The van der Waals surface area contributed by atoms with Gasteiger partial charge in [-0.3, -0.25) is 4.79 Å². The molecular formula is C9H8Cl2N2O3. The van der Waals surface area contributed by atoms with Crippen molar-refractivity contribution in [2.75, 3.05) is 12.4 Å². The minimum absolute atomic E-state index is 0.147. The first-order valence-corrected chi connectivity index (χ1v) is 4.90. The number of nitrogens with one attached hydrogen (secondary N) is 1. The predicted octanol–water partition coefficient (Wildman–Crippen LogP) is 2.55. The zero-order valence-corrected chi connectivity index (χ0v) is 9.75. The van der Waals surface area contributed by atoms with Crippen molar-refractivity contribution >= 4 is 41.4 Å². The summed E-state index contributed by atoms with van der Waals surface area (Å²) >= 11 is 11.5. The van der Waals surface area contributed by atoms with Crippen molar-refractivity contribution in [1.82, 2.24) is 5.06 Å². The third-order valence-electron chi connectivity index (χ3n) is 1.66. The average molecular weight is 263 g/mol. The molecular weight excluding hydrogens is 255 g/mol. The van der Waals surface area contributed by atoms with Gasteiger partial charge in [-0.25, -0.2) is 4.79 Å². The van der Waals surface area contributed by atoms with Crippen LogP contribution in [-0.4, -0.2) is 24.6 Å². The maximum Gasteiger partial charge on any atom is 0.354 e. The highest BCUT2D eigenvalue weighted by molar-refractivity contribution is 6.42. The molecule has 0 aliphatic rings. The maximum atomic E-state index is 11.4. The van der Waals surface area contributed by atoms with E-state index in [-0.39, 0.29) is 6.47 Å². The number of nitrogens with zero attached hydrogens (tertiary/aromatic N) is 1. The molecule has 1 aromatic carbocycles. The number of carbonyl (C=O) groups excluding carboxylic acids is 2. The van der Waals surface area contributed by atoms with Crippen molar-refractivity contribution in [3.05, 3.63) is 28.2 Å². The summed E-state index contributed by atoms with van der Waals surface area (Å²) in [4.78, 5) is 25.7. The van der Waals surface area contributed by atoms with Crippen molar-refractivity contribution in [3.8, 4) is 0 Å². The number of hydrogen-bond acceptors (Lipinski definition) is 3. The molecule has 0 bridgehead atoms. The second-order valence-electron chi connectivity index (χ2n) is 2.76. The van der Waals surface area contributed by atoms with Crippen molar-refractivity contribution in [2.45, 2.75) is 0 Å². The largest absolute Gasteiger partial charge is 0.354 e. The van der Waals surface area contributed by atoms with E-state index in [0.29, 0.717) is 15.7 Å². The monoisotopic (exact) mass is 262 g/mol. The summed E-state index contributed by atoms with van der Waals surface area (Å²) in [5.41, 5.74) is 0.445. The lowest BCUT2D eigenvalue weighted by Crippen LogP contribution is -2.31. The molecule has 86 valence electrons. The Balaban J connectivity index is 2.69. The summed E-state index contributed by atoms with van der Waals surface area (Å²) in [6.45, 7) is 0.147. The van der Waals surface area contributed by atoms with E-state index in [1.165, 1.54) is 13.1 Å². The fourth-order valence-electron chi connectivity index (χ4n) is 0.889. The Labute approximate surface area is 102 Å².